The van der Waals surface area contributed by atoms with Crippen molar-refractivity contribution >= 4 is 29.4 Å². The molecule has 0 bridgehead atoms. The van der Waals surface area contributed by atoms with Crippen LogP contribution in [-0.4, -0.2) is 64.8 Å². The third-order valence-corrected chi connectivity index (χ3v) is 5.26. The topological polar surface area (TPSA) is 237 Å². The van der Waals surface area contributed by atoms with Gasteiger partial charge in [0.1, 0.15) is 17.8 Å². The van der Waals surface area contributed by atoms with Crippen LogP contribution < -0.4 is 39.1 Å². The Bertz CT molecular complexity index is 819. The Morgan fingerprint density at radius 3 is 2.47 bits per heavy atom. The Kier molecular flexibility index (Phi) is 13.6. The molecule has 0 saturated heterocycles. The molecule has 0 saturated carbocycles. The first-order valence-electron chi connectivity index (χ1n) is 11.7. The van der Waals surface area contributed by atoms with Gasteiger partial charge in [-0.1, -0.05) is 19.8 Å². The van der Waals surface area contributed by atoms with Crippen LogP contribution in [0.2, 0.25) is 0 Å². The summed E-state index contributed by atoms with van der Waals surface area (Å²) in [4.78, 5) is 40.6. The van der Waals surface area contributed by atoms with Crippen molar-refractivity contribution in [1.82, 2.24) is 9.97 Å². The van der Waals surface area contributed by atoms with Crippen molar-refractivity contribution in [2.24, 2.45) is 17.2 Å². The monoisotopic (exact) mass is 484 g/mol. The van der Waals surface area contributed by atoms with E-state index in [1.807, 2.05) is 6.92 Å². The van der Waals surface area contributed by atoms with E-state index in [1.165, 1.54) is 0 Å². The second-order valence-electron chi connectivity index (χ2n) is 8.07. The van der Waals surface area contributed by atoms with Gasteiger partial charge >= 0.3 is 11.9 Å². The number of nitrogens with two attached hydrogens (primary N) is 4. The molecule has 13 nitrogen and oxygen atoms in total. The number of nitrogens with zero attached hydrogens (tertiary/aromatic N) is 1. The lowest BCUT2D eigenvalue weighted by Crippen LogP contribution is -2.46. The number of carboxylic acids is 1. The predicted molar refractivity (Wildman–Crippen MR) is 131 cm³/mol. The minimum atomic E-state index is -0.933. The molecule has 1 aromatic rings. The maximum atomic E-state index is 12.0. The van der Waals surface area contributed by atoms with Crippen LogP contribution in [0.5, 0.6) is 0 Å². The van der Waals surface area contributed by atoms with E-state index >= 15 is 0 Å². The van der Waals surface area contributed by atoms with E-state index < -0.39 is 12.0 Å². The fraction of sp³-hybridized carbons (Fsp3) is 0.714. The molecule has 0 radical (unpaired) electrons. The maximum absolute atomic E-state index is 12.0. The molecule has 1 aliphatic heterocycles. The zero-order valence-electron chi connectivity index (χ0n) is 19.8. The van der Waals surface area contributed by atoms with Gasteiger partial charge in [-0.2, -0.15) is 4.98 Å². The molecule has 1 aromatic heterocycles. The number of aromatic nitrogens is 2. The van der Waals surface area contributed by atoms with E-state index in [0.717, 1.165) is 32.1 Å². The van der Waals surface area contributed by atoms with E-state index in [9.17, 15) is 14.4 Å². The third-order valence-electron chi connectivity index (χ3n) is 5.26. The van der Waals surface area contributed by atoms with Crippen molar-refractivity contribution in [2.75, 3.05) is 36.0 Å². The Morgan fingerprint density at radius 2 is 1.85 bits per heavy atom. The fourth-order valence-corrected chi connectivity index (χ4v) is 3.32. The Hall–Kier alpha value is -2.90. The summed E-state index contributed by atoms with van der Waals surface area (Å²) in [6.07, 6.45) is 5.46. The number of fused-ring (bicyclic) bond motifs is 1. The lowest BCUT2D eigenvalue weighted by atomic mass is 10.1. The van der Waals surface area contributed by atoms with Gasteiger partial charge in [-0.15, -0.1) is 0 Å². The summed E-state index contributed by atoms with van der Waals surface area (Å²) in [5.74, 6) is -0.689. The van der Waals surface area contributed by atoms with Crippen molar-refractivity contribution in [2.45, 2.75) is 76.5 Å². The van der Waals surface area contributed by atoms with Gasteiger partial charge in [0.25, 0.3) is 5.56 Å². The smallest absolute Gasteiger partial charge is 0.320 e. The summed E-state index contributed by atoms with van der Waals surface area (Å²) in [5, 5.41) is 14.5. The highest BCUT2D eigenvalue weighted by Crippen LogP contribution is 2.23. The Balaban J connectivity index is 0.000000489. The summed E-state index contributed by atoms with van der Waals surface area (Å²) >= 11 is 0. The molecule has 0 aliphatic carbocycles. The number of hydrogen-bond acceptors (Lipinski definition) is 11. The molecule has 34 heavy (non-hydrogen) atoms. The third kappa shape index (κ3) is 10.4. The average Bonchev–Trinajstić information content (AvgIpc) is 2.80. The molecule has 0 amide bonds. The number of ether oxygens (including phenoxy) is 1. The molecule has 13 heteroatoms. The van der Waals surface area contributed by atoms with Crippen LogP contribution >= 0.6 is 0 Å². The molecule has 194 valence electrons. The van der Waals surface area contributed by atoms with Crippen LogP contribution in [0.15, 0.2) is 4.79 Å². The number of rotatable bonds is 13. The zero-order valence-corrected chi connectivity index (χ0v) is 19.8. The number of carbonyl (C=O) groups is 2. The van der Waals surface area contributed by atoms with Crippen LogP contribution in [0.25, 0.3) is 0 Å². The van der Waals surface area contributed by atoms with Gasteiger partial charge in [-0.25, -0.2) is 0 Å². The second-order valence-corrected chi connectivity index (χ2v) is 8.07. The number of anilines is 3. The van der Waals surface area contributed by atoms with E-state index in [1.54, 1.807) is 0 Å². The molecule has 0 spiro atoms. The van der Waals surface area contributed by atoms with E-state index in [2.05, 4.69) is 20.6 Å². The summed E-state index contributed by atoms with van der Waals surface area (Å²) < 4.78 is 5.57. The van der Waals surface area contributed by atoms with Gasteiger partial charge in [0.05, 0.1) is 6.04 Å². The molecule has 12 N–H and O–H groups in total. The van der Waals surface area contributed by atoms with Gasteiger partial charge in [-0.3, -0.25) is 19.4 Å². The predicted octanol–water partition coefficient (Wildman–Crippen LogP) is -0.0737. The molecule has 0 aromatic carbocycles. The number of aliphatic carboxylic acids is 1. The number of aromatic amines is 1. The lowest BCUT2D eigenvalue weighted by Gasteiger charge is -2.32. The molecular weight excluding hydrogens is 444 g/mol. The summed E-state index contributed by atoms with van der Waals surface area (Å²) in [6.45, 7) is 3.67. The van der Waals surface area contributed by atoms with Crippen LogP contribution in [0, 0.1) is 0 Å². The van der Waals surface area contributed by atoms with Gasteiger partial charge in [0.15, 0.2) is 5.82 Å². The van der Waals surface area contributed by atoms with Crippen LogP contribution in [-0.2, 0) is 14.3 Å². The minimum absolute atomic E-state index is 0.0578. The quantitative estimate of drug-likeness (QED) is 0.135. The first-order chi connectivity index (χ1) is 16.2. The number of carboxylic acid groups (broad SMARTS) is 1. The summed E-state index contributed by atoms with van der Waals surface area (Å²) in [7, 11) is 0. The molecule has 3 unspecified atom stereocenters. The van der Waals surface area contributed by atoms with Crippen molar-refractivity contribution in [3.05, 3.63) is 10.4 Å². The first kappa shape index (κ1) is 29.1. The number of hydrogen-bond donors (Lipinski definition) is 8. The van der Waals surface area contributed by atoms with Crippen LogP contribution in [0.4, 0.5) is 17.5 Å². The highest BCUT2D eigenvalue weighted by Gasteiger charge is 2.29. The average molecular weight is 485 g/mol. The van der Waals surface area contributed by atoms with E-state index in [-0.39, 0.29) is 29.6 Å². The van der Waals surface area contributed by atoms with E-state index in [4.69, 9.17) is 32.8 Å². The van der Waals surface area contributed by atoms with Gasteiger partial charge in [0, 0.05) is 13.0 Å². The Labute approximate surface area is 199 Å². The molecule has 1 aliphatic rings. The Morgan fingerprint density at radius 1 is 1.18 bits per heavy atom. The van der Waals surface area contributed by atoms with Crippen molar-refractivity contribution in [3.63, 3.8) is 0 Å². The number of H-pyrrole nitrogens is 1. The summed E-state index contributed by atoms with van der Waals surface area (Å²) in [6, 6.07) is -0.923. The second kappa shape index (κ2) is 15.9. The van der Waals surface area contributed by atoms with E-state index in [0.29, 0.717) is 50.4 Å². The van der Waals surface area contributed by atoms with Gasteiger partial charge < -0.3 is 43.4 Å². The lowest BCUT2D eigenvalue weighted by molar-refractivity contribution is -0.150. The van der Waals surface area contributed by atoms with Crippen molar-refractivity contribution in [3.8, 4) is 0 Å². The molecule has 3 atom stereocenters. The SMILES string of the molecule is CCC(OC(=O)CCCCCN)C1CNc2nc(N)[nH]c(=O)c2N1.NCCCCC(N)C(=O)O. The molecule has 2 rings (SSSR count). The number of carbonyl (C=O) groups excluding carboxylic acids is 1. The van der Waals surface area contributed by atoms with Crippen LogP contribution in [0.1, 0.15) is 58.3 Å². The van der Waals surface area contributed by atoms with Crippen LogP contribution in [0.3, 0.4) is 0 Å². The number of unbranched alkanes of at least 4 members (excludes halogenated alkanes) is 3. The summed E-state index contributed by atoms with van der Waals surface area (Å²) in [5.41, 5.74) is 21.3. The fourth-order valence-electron chi connectivity index (χ4n) is 3.32. The van der Waals surface area contributed by atoms with Gasteiger partial charge in [0.2, 0.25) is 5.95 Å². The number of nitrogen functional groups attached to an aromatic ring is 1. The van der Waals surface area contributed by atoms with Crippen molar-refractivity contribution in [1.29, 1.82) is 0 Å². The zero-order chi connectivity index (χ0) is 25.5. The minimum Gasteiger partial charge on any atom is -0.480 e. The highest BCUT2D eigenvalue weighted by molar-refractivity contribution is 5.73. The number of nitrogens with one attached hydrogen (secondary N) is 3. The van der Waals surface area contributed by atoms with Crippen molar-refractivity contribution < 1.29 is 19.4 Å². The van der Waals surface area contributed by atoms with Gasteiger partial charge in [-0.05, 0) is 45.2 Å². The normalized spacial score (nSPS) is 16.1. The standard InChI is InChI=1S/C15H26N6O3.C6H14N2O2/c1-2-10(24-11(22)6-4-3-5-7-16)9-8-18-13-12(19-9)14(23)21-15(17)20-13;7-4-2-1-3-5(8)6(9)10/h9-10,19H,2-8,16H2,1H3,(H4,17,18,20,21,23);5H,1-4,7-8H2,(H,9,10). The molecule has 2 heterocycles. The largest absolute Gasteiger partial charge is 0.480 e. The molecule has 0 fully saturated rings. The molecular formula is C21H40N8O5. The highest BCUT2D eigenvalue weighted by atomic mass is 16.5. The first-order valence-corrected chi connectivity index (χ1v) is 11.7. The number of esters is 1. The maximum Gasteiger partial charge on any atom is 0.320 e.